The third-order valence-electron chi connectivity index (χ3n) is 2.07. The Kier molecular flexibility index (Phi) is 6.71. The minimum atomic E-state index is -0.965. The standard InChI is InChI=1S/C9H19N3O3S/c1-4-7(8(10)12-14)9(13)11-6(2)5-16(3)15/h6-7,14H,4-5H2,1-3H3,(H2,10,12)(H,11,13). The number of nitrogens with one attached hydrogen (secondary N) is 1. The predicted octanol–water partition coefficient (Wildman–Crippen LogP) is -0.358. The first-order chi connectivity index (χ1) is 7.42. The van der Waals surface area contributed by atoms with Crippen LogP contribution in [0.5, 0.6) is 0 Å². The van der Waals surface area contributed by atoms with E-state index in [0.29, 0.717) is 12.2 Å². The van der Waals surface area contributed by atoms with Gasteiger partial charge in [-0.1, -0.05) is 12.1 Å². The second-order valence-electron chi connectivity index (χ2n) is 3.64. The molecule has 0 aliphatic rings. The highest BCUT2D eigenvalue weighted by molar-refractivity contribution is 7.84. The van der Waals surface area contributed by atoms with E-state index >= 15 is 0 Å². The minimum Gasteiger partial charge on any atom is -0.409 e. The van der Waals surface area contributed by atoms with Crippen molar-refractivity contribution < 1.29 is 14.2 Å². The molecule has 6 nitrogen and oxygen atoms in total. The van der Waals surface area contributed by atoms with Crippen LogP contribution in [0.15, 0.2) is 5.16 Å². The smallest absolute Gasteiger partial charge is 0.231 e. The molecule has 0 aliphatic carbocycles. The molecule has 16 heavy (non-hydrogen) atoms. The summed E-state index contributed by atoms with van der Waals surface area (Å²) >= 11 is 0. The van der Waals surface area contributed by atoms with Crippen LogP contribution in [0.4, 0.5) is 0 Å². The molecule has 0 aromatic carbocycles. The Labute approximate surface area is 97.7 Å². The molecular weight excluding hydrogens is 230 g/mol. The maximum absolute atomic E-state index is 11.7. The van der Waals surface area contributed by atoms with Gasteiger partial charge in [-0.2, -0.15) is 0 Å². The van der Waals surface area contributed by atoms with Gasteiger partial charge >= 0.3 is 0 Å². The molecule has 94 valence electrons. The molecular formula is C9H19N3O3S. The average molecular weight is 249 g/mol. The van der Waals surface area contributed by atoms with Crippen molar-refractivity contribution in [3.63, 3.8) is 0 Å². The first kappa shape index (κ1) is 14.9. The molecule has 1 amide bonds. The summed E-state index contributed by atoms with van der Waals surface area (Å²) in [4.78, 5) is 11.7. The Morgan fingerprint density at radius 2 is 2.19 bits per heavy atom. The van der Waals surface area contributed by atoms with Crippen LogP contribution in [0.2, 0.25) is 0 Å². The van der Waals surface area contributed by atoms with Crippen molar-refractivity contribution in [3.05, 3.63) is 0 Å². The molecule has 0 saturated heterocycles. The summed E-state index contributed by atoms with van der Waals surface area (Å²) in [5.74, 6) is -0.670. The Hall–Kier alpha value is -1.11. The predicted molar refractivity (Wildman–Crippen MR) is 63.7 cm³/mol. The number of amidine groups is 1. The fraction of sp³-hybridized carbons (Fsp3) is 0.778. The van der Waals surface area contributed by atoms with Crippen molar-refractivity contribution in [2.24, 2.45) is 16.8 Å². The number of rotatable bonds is 6. The van der Waals surface area contributed by atoms with Gasteiger partial charge in [-0.15, -0.1) is 0 Å². The Morgan fingerprint density at radius 1 is 1.62 bits per heavy atom. The highest BCUT2D eigenvalue weighted by atomic mass is 32.2. The van der Waals surface area contributed by atoms with E-state index in [1.54, 1.807) is 20.1 Å². The lowest BCUT2D eigenvalue weighted by molar-refractivity contribution is -0.123. The molecule has 0 rings (SSSR count). The zero-order valence-corrected chi connectivity index (χ0v) is 10.6. The highest BCUT2D eigenvalue weighted by Gasteiger charge is 2.22. The molecule has 0 aliphatic heterocycles. The number of amides is 1. The van der Waals surface area contributed by atoms with Gasteiger partial charge < -0.3 is 16.3 Å². The Balaban J connectivity index is 4.37. The van der Waals surface area contributed by atoms with E-state index in [2.05, 4.69) is 10.5 Å². The zero-order chi connectivity index (χ0) is 12.7. The number of nitrogens with two attached hydrogens (primary N) is 1. The van der Waals surface area contributed by atoms with Gasteiger partial charge in [0.2, 0.25) is 5.91 Å². The molecule has 0 heterocycles. The second kappa shape index (κ2) is 7.21. The van der Waals surface area contributed by atoms with E-state index in [1.165, 1.54) is 0 Å². The minimum absolute atomic E-state index is 0.107. The monoisotopic (exact) mass is 249 g/mol. The Bertz CT molecular complexity index is 294. The van der Waals surface area contributed by atoms with Crippen molar-refractivity contribution in [1.82, 2.24) is 5.32 Å². The molecule has 0 fully saturated rings. The largest absolute Gasteiger partial charge is 0.409 e. The third-order valence-corrected chi connectivity index (χ3v) is 3.04. The lowest BCUT2D eigenvalue weighted by Crippen LogP contribution is -2.44. The molecule has 0 saturated carbocycles. The SMILES string of the molecule is CCC(C(=O)NC(C)CS(C)=O)C(N)=NO. The van der Waals surface area contributed by atoms with Crippen LogP contribution < -0.4 is 11.1 Å². The normalized spacial score (nSPS) is 17.6. The van der Waals surface area contributed by atoms with E-state index in [0.717, 1.165) is 0 Å². The van der Waals surface area contributed by atoms with Crippen molar-refractivity contribution >= 4 is 22.5 Å². The highest BCUT2D eigenvalue weighted by Crippen LogP contribution is 2.03. The quantitative estimate of drug-likeness (QED) is 0.259. The summed E-state index contributed by atoms with van der Waals surface area (Å²) in [5.41, 5.74) is 5.38. The molecule has 0 bridgehead atoms. The number of carbonyl (C=O) groups excluding carboxylic acids is 1. The topological polar surface area (TPSA) is 105 Å². The van der Waals surface area contributed by atoms with E-state index < -0.39 is 16.7 Å². The lowest BCUT2D eigenvalue weighted by atomic mass is 10.0. The molecule has 3 unspecified atom stereocenters. The molecule has 0 aromatic rings. The molecule has 4 N–H and O–H groups in total. The fourth-order valence-electron chi connectivity index (χ4n) is 1.34. The molecule has 0 aromatic heterocycles. The van der Waals surface area contributed by atoms with Crippen LogP contribution in [0.3, 0.4) is 0 Å². The number of oxime groups is 1. The maximum Gasteiger partial charge on any atom is 0.231 e. The average Bonchev–Trinajstić information content (AvgIpc) is 2.16. The van der Waals surface area contributed by atoms with Crippen molar-refractivity contribution in [1.29, 1.82) is 0 Å². The van der Waals surface area contributed by atoms with Crippen LogP contribution in [0.1, 0.15) is 20.3 Å². The van der Waals surface area contributed by atoms with Crippen LogP contribution in [0.25, 0.3) is 0 Å². The van der Waals surface area contributed by atoms with Crippen molar-refractivity contribution in [3.8, 4) is 0 Å². The summed E-state index contributed by atoms with van der Waals surface area (Å²) in [6.07, 6.45) is 2.02. The van der Waals surface area contributed by atoms with Gasteiger partial charge in [0.15, 0.2) is 5.84 Å². The van der Waals surface area contributed by atoms with Crippen LogP contribution in [-0.2, 0) is 15.6 Å². The number of hydrogen-bond acceptors (Lipinski definition) is 4. The van der Waals surface area contributed by atoms with E-state index in [9.17, 15) is 9.00 Å². The van der Waals surface area contributed by atoms with Crippen LogP contribution >= 0.6 is 0 Å². The number of carbonyl (C=O) groups is 1. The summed E-state index contributed by atoms with van der Waals surface area (Å²) in [7, 11) is -0.965. The first-order valence-electron chi connectivity index (χ1n) is 5.00. The van der Waals surface area contributed by atoms with Gasteiger partial charge in [-0.3, -0.25) is 9.00 Å². The van der Waals surface area contributed by atoms with Gasteiger partial charge in [-0.05, 0) is 13.3 Å². The number of hydrogen-bond donors (Lipinski definition) is 3. The molecule has 3 atom stereocenters. The summed E-state index contributed by atoms with van der Waals surface area (Å²) in [6, 6.07) is -0.195. The van der Waals surface area contributed by atoms with Crippen LogP contribution in [-0.4, -0.2) is 39.2 Å². The summed E-state index contributed by atoms with van der Waals surface area (Å²) in [6.45, 7) is 3.53. The fourth-order valence-corrected chi connectivity index (χ4v) is 2.12. The zero-order valence-electron chi connectivity index (χ0n) is 9.77. The summed E-state index contributed by atoms with van der Waals surface area (Å²) < 4.78 is 10.9. The van der Waals surface area contributed by atoms with Gasteiger partial charge in [0.25, 0.3) is 0 Å². The van der Waals surface area contributed by atoms with Crippen molar-refractivity contribution in [2.75, 3.05) is 12.0 Å². The maximum atomic E-state index is 11.7. The molecule has 7 heteroatoms. The van der Waals surface area contributed by atoms with Crippen LogP contribution in [0, 0.1) is 5.92 Å². The van der Waals surface area contributed by atoms with Gasteiger partial charge in [0.1, 0.15) is 0 Å². The molecule has 0 radical (unpaired) electrons. The van der Waals surface area contributed by atoms with Gasteiger partial charge in [0.05, 0.1) is 5.92 Å². The first-order valence-corrected chi connectivity index (χ1v) is 6.72. The summed E-state index contributed by atoms with van der Waals surface area (Å²) in [5, 5.41) is 14.0. The number of nitrogens with zero attached hydrogens (tertiary/aromatic N) is 1. The van der Waals surface area contributed by atoms with Gasteiger partial charge in [-0.25, -0.2) is 0 Å². The molecule has 0 spiro atoms. The third kappa shape index (κ3) is 5.11. The lowest BCUT2D eigenvalue weighted by Gasteiger charge is -2.17. The van der Waals surface area contributed by atoms with Crippen molar-refractivity contribution in [2.45, 2.75) is 26.3 Å². The Morgan fingerprint density at radius 3 is 2.56 bits per heavy atom. The van der Waals surface area contributed by atoms with Gasteiger partial charge in [0, 0.05) is 28.9 Å². The van der Waals surface area contributed by atoms with E-state index in [1.807, 2.05) is 0 Å². The van der Waals surface area contributed by atoms with E-state index in [-0.39, 0.29) is 17.8 Å². The van der Waals surface area contributed by atoms with E-state index in [4.69, 9.17) is 10.9 Å². The second-order valence-corrected chi connectivity index (χ2v) is 5.11.